The van der Waals surface area contributed by atoms with Crippen molar-refractivity contribution in [2.75, 3.05) is 12.9 Å². The molecule has 3 nitrogen and oxygen atoms in total. The average molecular weight is 341 g/mol. The molecule has 1 atom stereocenters. The summed E-state index contributed by atoms with van der Waals surface area (Å²) in [7, 11) is -1.75. The van der Waals surface area contributed by atoms with Crippen LogP contribution in [-0.2, 0) is 16.6 Å². The first-order chi connectivity index (χ1) is 7.87. The molecule has 96 valence electrons. The first kappa shape index (κ1) is 15.0. The van der Waals surface area contributed by atoms with Gasteiger partial charge in [0, 0.05) is 23.9 Å². The highest BCUT2D eigenvalue weighted by Gasteiger charge is 2.25. The van der Waals surface area contributed by atoms with Crippen molar-refractivity contribution in [3.63, 3.8) is 0 Å². The minimum Gasteiger partial charge on any atom is -0.212 e. The Morgan fingerprint density at radius 1 is 1.47 bits per heavy atom. The molecule has 6 heteroatoms. The Bertz CT molecular complexity index is 478. The topological polar surface area (TPSA) is 37.4 Å². The van der Waals surface area contributed by atoms with Crippen molar-refractivity contribution in [1.29, 1.82) is 0 Å². The van der Waals surface area contributed by atoms with Gasteiger partial charge in [-0.2, -0.15) is 0 Å². The molecule has 0 aliphatic carbocycles. The Morgan fingerprint density at radius 3 is 2.65 bits per heavy atom. The van der Waals surface area contributed by atoms with Crippen molar-refractivity contribution >= 4 is 37.6 Å². The summed E-state index contributed by atoms with van der Waals surface area (Å²) in [5.74, 6) is 0.102. The summed E-state index contributed by atoms with van der Waals surface area (Å²) in [5, 5.41) is -0.568. The molecule has 0 amide bonds. The monoisotopic (exact) mass is 339 g/mol. The lowest BCUT2D eigenvalue weighted by Crippen LogP contribution is -2.35. The van der Waals surface area contributed by atoms with Crippen molar-refractivity contribution in [2.24, 2.45) is 0 Å². The van der Waals surface area contributed by atoms with Crippen LogP contribution in [-0.4, -0.2) is 30.9 Å². The van der Waals surface area contributed by atoms with Crippen molar-refractivity contribution in [3.8, 4) is 0 Å². The highest BCUT2D eigenvalue weighted by atomic mass is 79.9. The van der Waals surface area contributed by atoms with Crippen molar-refractivity contribution in [1.82, 2.24) is 4.31 Å². The third-order valence-electron chi connectivity index (χ3n) is 2.45. The minimum absolute atomic E-state index is 0.102. The number of hydrogen-bond acceptors (Lipinski definition) is 2. The third kappa shape index (κ3) is 3.95. The second-order valence-electron chi connectivity index (χ2n) is 3.90. The Labute approximate surface area is 116 Å². The van der Waals surface area contributed by atoms with Gasteiger partial charge in [-0.25, -0.2) is 12.7 Å². The normalized spacial score (nSPS) is 13.9. The molecule has 0 N–H and O–H groups in total. The highest BCUT2D eigenvalue weighted by Crippen LogP contribution is 2.16. The van der Waals surface area contributed by atoms with Gasteiger partial charge >= 0.3 is 0 Å². The summed E-state index contributed by atoms with van der Waals surface area (Å²) in [6.07, 6.45) is 0. The first-order valence-corrected chi connectivity index (χ1v) is 7.96. The van der Waals surface area contributed by atoms with E-state index in [0.29, 0.717) is 6.54 Å². The molecule has 0 saturated heterocycles. The fourth-order valence-corrected chi connectivity index (χ4v) is 3.40. The van der Waals surface area contributed by atoms with Gasteiger partial charge in [0.15, 0.2) is 0 Å². The smallest absolute Gasteiger partial charge is 0.212 e. The van der Waals surface area contributed by atoms with Gasteiger partial charge in [0.25, 0.3) is 0 Å². The summed E-state index contributed by atoms with van der Waals surface area (Å²) >= 11 is 8.95. The minimum atomic E-state index is -3.31. The zero-order valence-electron chi connectivity index (χ0n) is 9.73. The summed E-state index contributed by atoms with van der Waals surface area (Å²) in [6.45, 7) is 1.96. The number of sulfonamides is 1. The van der Waals surface area contributed by atoms with Gasteiger partial charge in [-0.15, -0.1) is 11.6 Å². The summed E-state index contributed by atoms with van der Waals surface area (Å²) < 4.78 is 26.2. The van der Waals surface area contributed by atoms with Crippen molar-refractivity contribution in [2.45, 2.75) is 18.7 Å². The summed E-state index contributed by atoms with van der Waals surface area (Å²) in [6, 6.07) is 7.57. The van der Waals surface area contributed by atoms with Crippen molar-refractivity contribution in [3.05, 3.63) is 34.3 Å². The van der Waals surface area contributed by atoms with Gasteiger partial charge < -0.3 is 0 Å². The lowest BCUT2D eigenvalue weighted by atomic mass is 10.2. The Morgan fingerprint density at radius 2 is 2.12 bits per heavy atom. The number of alkyl halides is 1. The second-order valence-corrected chi connectivity index (χ2v) is 7.58. The molecule has 0 saturated carbocycles. The van der Waals surface area contributed by atoms with Crippen LogP contribution in [0.4, 0.5) is 0 Å². The Kier molecular flexibility index (Phi) is 5.44. The largest absolute Gasteiger partial charge is 0.217 e. The fraction of sp³-hybridized carbons (Fsp3) is 0.455. The maximum atomic E-state index is 12.0. The van der Waals surface area contributed by atoms with Crippen LogP contribution in [0, 0.1) is 0 Å². The van der Waals surface area contributed by atoms with E-state index in [9.17, 15) is 8.42 Å². The van der Waals surface area contributed by atoms with E-state index in [1.165, 1.54) is 4.31 Å². The maximum absolute atomic E-state index is 12.0. The van der Waals surface area contributed by atoms with Gasteiger partial charge in [-0.05, 0) is 24.6 Å². The number of benzene rings is 1. The highest BCUT2D eigenvalue weighted by molar-refractivity contribution is 9.10. The Balaban J connectivity index is 2.83. The van der Waals surface area contributed by atoms with Crippen LogP contribution in [0.5, 0.6) is 0 Å². The van der Waals surface area contributed by atoms with Crippen LogP contribution in [0.3, 0.4) is 0 Å². The van der Waals surface area contributed by atoms with Gasteiger partial charge in [0.05, 0.1) is 5.25 Å². The molecule has 0 bridgehead atoms. The van der Waals surface area contributed by atoms with Gasteiger partial charge in [-0.1, -0.05) is 28.1 Å². The van der Waals surface area contributed by atoms with Crippen LogP contribution in [0.15, 0.2) is 28.7 Å². The standard InChI is InChI=1S/C11H15BrClNO2S/c1-9(7-13)17(15,16)14(2)8-10-4-3-5-11(12)6-10/h3-6,9H,7-8H2,1-2H3. The second kappa shape index (κ2) is 6.18. The molecule has 0 radical (unpaired) electrons. The number of nitrogens with zero attached hydrogens (tertiary/aromatic N) is 1. The van der Waals surface area contributed by atoms with Gasteiger partial charge in [0.2, 0.25) is 10.0 Å². The van der Waals surface area contributed by atoms with E-state index >= 15 is 0 Å². The zero-order chi connectivity index (χ0) is 13.1. The summed E-state index contributed by atoms with van der Waals surface area (Å²) in [5.41, 5.74) is 0.937. The van der Waals surface area contributed by atoms with Crippen LogP contribution in [0.25, 0.3) is 0 Å². The predicted octanol–water partition coefficient (Wildman–Crippen LogP) is 2.84. The molecule has 1 aromatic carbocycles. The number of halogens is 2. The van der Waals surface area contributed by atoms with Crippen LogP contribution >= 0.6 is 27.5 Å². The molecule has 0 fully saturated rings. The van der Waals surface area contributed by atoms with Crippen molar-refractivity contribution < 1.29 is 8.42 Å². The molecule has 1 aromatic rings. The fourth-order valence-electron chi connectivity index (χ4n) is 1.37. The molecule has 1 unspecified atom stereocenters. The maximum Gasteiger partial charge on any atom is 0.217 e. The predicted molar refractivity (Wildman–Crippen MR) is 74.7 cm³/mol. The quantitative estimate of drug-likeness (QED) is 0.773. The third-order valence-corrected chi connectivity index (χ3v) is 5.78. The van der Waals surface area contributed by atoms with Gasteiger partial charge in [0.1, 0.15) is 0 Å². The number of rotatable bonds is 5. The summed E-state index contributed by atoms with van der Waals surface area (Å²) in [4.78, 5) is 0. The van der Waals surface area contributed by atoms with Gasteiger partial charge in [-0.3, -0.25) is 0 Å². The SMILES string of the molecule is CC(CCl)S(=O)(=O)N(C)Cc1cccc(Br)c1. The molecule has 0 spiro atoms. The van der Waals surface area contributed by atoms with Crippen LogP contribution < -0.4 is 0 Å². The van der Waals surface area contributed by atoms with E-state index in [1.807, 2.05) is 24.3 Å². The Hall–Kier alpha value is -0.100. The van der Waals surface area contributed by atoms with E-state index in [-0.39, 0.29) is 5.88 Å². The zero-order valence-corrected chi connectivity index (χ0v) is 12.9. The van der Waals surface area contributed by atoms with E-state index in [2.05, 4.69) is 15.9 Å². The molecule has 0 aliphatic rings. The average Bonchev–Trinajstić information content (AvgIpc) is 2.27. The lowest BCUT2D eigenvalue weighted by molar-refractivity contribution is 0.460. The molecular weight excluding hydrogens is 326 g/mol. The first-order valence-electron chi connectivity index (χ1n) is 5.13. The van der Waals surface area contributed by atoms with E-state index < -0.39 is 15.3 Å². The van der Waals surface area contributed by atoms with E-state index in [1.54, 1.807) is 14.0 Å². The van der Waals surface area contributed by atoms with Crippen LogP contribution in [0.2, 0.25) is 0 Å². The molecule has 0 aromatic heterocycles. The molecular formula is C11H15BrClNO2S. The molecule has 1 rings (SSSR count). The molecule has 0 aliphatic heterocycles. The van der Waals surface area contributed by atoms with E-state index in [4.69, 9.17) is 11.6 Å². The molecule has 17 heavy (non-hydrogen) atoms. The lowest BCUT2D eigenvalue weighted by Gasteiger charge is -2.20. The molecule has 0 heterocycles. The number of hydrogen-bond donors (Lipinski definition) is 0. The van der Waals surface area contributed by atoms with Crippen LogP contribution in [0.1, 0.15) is 12.5 Å². The van der Waals surface area contributed by atoms with E-state index in [0.717, 1.165) is 10.0 Å².